The maximum atomic E-state index is 11.1. The molecule has 1 aliphatic rings. The van der Waals surface area contributed by atoms with Gasteiger partial charge in [-0.15, -0.1) is 6.58 Å². The molecule has 74 valence electrons. The lowest BCUT2D eigenvalue weighted by atomic mass is 10.0. The Hall–Kier alpha value is -1.03. The van der Waals surface area contributed by atoms with Crippen LogP contribution in [0.5, 0.6) is 0 Å². The topological polar surface area (TPSA) is 49.8 Å². The molecule has 1 saturated heterocycles. The normalized spacial score (nSPS) is 30.1. The summed E-state index contributed by atoms with van der Waals surface area (Å²) < 4.78 is 4.95. The predicted molar refractivity (Wildman–Crippen MR) is 48.3 cm³/mol. The van der Waals surface area contributed by atoms with Crippen molar-refractivity contribution in [2.75, 3.05) is 7.05 Å². The third-order valence-electron chi connectivity index (χ3n) is 2.31. The third-order valence-corrected chi connectivity index (χ3v) is 2.31. The summed E-state index contributed by atoms with van der Waals surface area (Å²) in [7, 11) is 1.63. The van der Waals surface area contributed by atoms with Gasteiger partial charge in [-0.05, 0) is 13.3 Å². The molecule has 0 aliphatic carbocycles. The summed E-state index contributed by atoms with van der Waals surface area (Å²) in [5.41, 5.74) is 0. The van der Waals surface area contributed by atoms with Crippen LogP contribution < -0.4 is 0 Å². The van der Waals surface area contributed by atoms with E-state index in [0.29, 0.717) is 6.42 Å². The molecule has 0 unspecified atom stereocenters. The van der Waals surface area contributed by atoms with Crippen molar-refractivity contribution in [3.8, 4) is 0 Å². The molecule has 0 aromatic heterocycles. The average Bonchev–Trinajstić information content (AvgIpc) is 2.27. The first-order chi connectivity index (χ1) is 6.07. The van der Waals surface area contributed by atoms with Crippen LogP contribution in [0.25, 0.3) is 0 Å². The van der Waals surface area contributed by atoms with Gasteiger partial charge in [0.15, 0.2) is 0 Å². The van der Waals surface area contributed by atoms with Gasteiger partial charge >= 0.3 is 6.09 Å². The van der Waals surface area contributed by atoms with Crippen molar-refractivity contribution in [1.82, 2.24) is 4.90 Å². The number of likely N-dealkylation sites (N-methyl/N-ethyl adjacent to an activating group) is 1. The highest BCUT2D eigenvalue weighted by Gasteiger charge is 2.40. The molecule has 1 N–H and O–H groups in total. The van der Waals surface area contributed by atoms with Crippen LogP contribution in [-0.2, 0) is 4.74 Å². The molecule has 0 spiro atoms. The molecular formula is C9H15NO3. The highest BCUT2D eigenvalue weighted by Crippen LogP contribution is 2.21. The molecule has 0 saturated carbocycles. The maximum Gasteiger partial charge on any atom is 0.410 e. The van der Waals surface area contributed by atoms with Gasteiger partial charge in [-0.1, -0.05) is 6.08 Å². The van der Waals surface area contributed by atoms with Gasteiger partial charge in [0.05, 0.1) is 12.1 Å². The largest absolute Gasteiger partial charge is 0.444 e. The minimum Gasteiger partial charge on any atom is -0.444 e. The Morgan fingerprint density at radius 2 is 2.46 bits per heavy atom. The number of ether oxygens (including phenoxy) is 1. The van der Waals surface area contributed by atoms with Crippen molar-refractivity contribution in [3.63, 3.8) is 0 Å². The van der Waals surface area contributed by atoms with Crippen molar-refractivity contribution in [3.05, 3.63) is 12.7 Å². The van der Waals surface area contributed by atoms with Crippen molar-refractivity contribution >= 4 is 6.09 Å². The number of cyclic esters (lactones) is 1. The molecule has 4 heteroatoms. The molecule has 1 amide bonds. The van der Waals surface area contributed by atoms with E-state index < -0.39 is 6.10 Å². The highest BCUT2D eigenvalue weighted by molar-refractivity contribution is 5.70. The molecule has 0 radical (unpaired) electrons. The lowest BCUT2D eigenvalue weighted by Gasteiger charge is -2.23. The van der Waals surface area contributed by atoms with Crippen LogP contribution >= 0.6 is 0 Å². The number of hydrogen-bond acceptors (Lipinski definition) is 3. The summed E-state index contributed by atoms with van der Waals surface area (Å²) in [5.74, 6) is 0. The van der Waals surface area contributed by atoms with E-state index in [9.17, 15) is 9.90 Å². The van der Waals surface area contributed by atoms with Gasteiger partial charge in [-0.25, -0.2) is 4.79 Å². The molecule has 0 aromatic rings. The van der Waals surface area contributed by atoms with Gasteiger partial charge in [0.1, 0.15) is 6.10 Å². The van der Waals surface area contributed by atoms with E-state index >= 15 is 0 Å². The molecule has 1 heterocycles. The molecule has 13 heavy (non-hydrogen) atoms. The van der Waals surface area contributed by atoms with Crippen LogP contribution in [-0.4, -0.2) is 41.4 Å². The standard InChI is InChI=1S/C9H15NO3/c1-4-5-7(11)8-6(2)13-9(12)10(8)3/h4,6-8,11H,1,5H2,2-3H3/t6-,7-,8-/m1/s1. The number of amides is 1. The fraction of sp³-hybridized carbons (Fsp3) is 0.667. The average molecular weight is 185 g/mol. The van der Waals surface area contributed by atoms with E-state index in [1.165, 1.54) is 4.90 Å². The Morgan fingerprint density at radius 1 is 1.85 bits per heavy atom. The molecule has 1 fully saturated rings. The van der Waals surface area contributed by atoms with Crippen molar-refractivity contribution < 1.29 is 14.6 Å². The summed E-state index contributed by atoms with van der Waals surface area (Å²) in [4.78, 5) is 12.5. The zero-order valence-electron chi connectivity index (χ0n) is 7.93. The van der Waals surface area contributed by atoms with Crippen LogP contribution in [0.15, 0.2) is 12.7 Å². The molecule has 0 aromatic carbocycles. The van der Waals surface area contributed by atoms with Crippen LogP contribution in [0.4, 0.5) is 4.79 Å². The number of aliphatic hydroxyl groups is 1. The first-order valence-corrected chi connectivity index (χ1v) is 4.30. The second kappa shape index (κ2) is 3.79. The van der Waals surface area contributed by atoms with Crippen molar-refractivity contribution in [1.29, 1.82) is 0 Å². The van der Waals surface area contributed by atoms with Gasteiger partial charge in [0.2, 0.25) is 0 Å². The van der Waals surface area contributed by atoms with Crippen molar-refractivity contribution in [2.24, 2.45) is 0 Å². The molecule has 0 bridgehead atoms. The smallest absolute Gasteiger partial charge is 0.410 e. The van der Waals surface area contributed by atoms with E-state index in [1.54, 1.807) is 20.0 Å². The second-order valence-electron chi connectivity index (χ2n) is 3.28. The van der Waals surface area contributed by atoms with Crippen LogP contribution in [0.2, 0.25) is 0 Å². The molecular weight excluding hydrogens is 170 g/mol. The SMILES string of the molecule is C=CC[C@@H](O)[C@H]1[C@@H](C)OC(=O)N1C. The summed E-state index contributed by atoms with van der Waals surface area (Å²) in [5, 5.41) is 9.66. The number of carbonyl (C=O) groups excluding carboxylic acids is 1. The first-order valence-electron chi connectivity index (χ1n) is 4.30. The fourth-order valence-electron chi connectivity index (χ4n) is 1.63. The summed E-state index contributed by atoms with van der Waals surface area (Å²) in [6.07, 6.45) is 0.876. The molecule has 1 rings (SSSR count). The number of rotatable bonds is 3. The summed E-state index contributed by atoms with van der Waals surface area (Å²) in [6, 6.07) is -0.259. The van der Waals surface area contributed by atoms with Gasteiger partial charge in [0, 0.05) is 7.05 Å². The fourth-order valence-corrected chi connectivity index (χ4v) is 1.63. The molecule has 3 atom stereocenters. The number of hydrogen-bond donors (Lipinski definition) is 1. The van der Waals surface area contributed by atoms with Crippen LogP contribution in [0.1, 0.15) is 13.3 Å². The minimum absolute atomic E-state index is 0.257. The Labute approximate surface area is 77.8 Å². The number of carbonyl (C=O) groups is 1. The van der Waals surface area contributed by atoms with E-state index in [0.717, 1.165) is 0 Å². The van der Waals surface area contributed by atoms with E-state index in [1.807, 2.05) is 0 Å². The predicted octanol–water partition coefficient (Wildman–Crippen LogP) is 0.762. The Balaban J connectivity index is 2.67. The lowest BCUT2D eigenvalue weighted by Crippen LogP contribution is -2.42. The van der Waals surface area contributed by atoms with Gasteiger partial charge in [-0.3, -0.25) is 0 Å². The van der Waals surface area contributed by atoms with E-state index in [-0.39, 0.29) is 18.2 Å². The van der Waals surface area contributed by atoms with Gasteiger partial charge in [0.25, 0.3) is 0 Å². The Bertz CT molecular complexity index is 217. The van der Waals surface area contributed by atoms with E-state index in [2.05, 4.69) is 6.58 Å². The quantitative estimate of drug-likeness (QED) is 0.660. The zero-order valence-corrected chi connectivity index (χ0v) is 7.93. The van der Waals surface area contributed by atoms with Crippen LogP contribution in [0, 0.1) is 0 Å². The van der Waals surface area contributed by atoms with Crippen molar-refractivity contribution in [2.45, 2.75) is 31.6 Å². The summed E-state index contributed by atoms with van der Waals surface area (Å²) in [6.45, 7) is 5.31. The summed E-state index contributed by atoms with van der Waals surface area (Å²) >= 11 is 0. The van der Waals surface area contributed by atoms with Crippen LogP contribution in [0.3, 0.4) is 0 Å². The molecule has 4 nitrogen and oxygen atoms in total. The van der Waals surface area contributed by atoms with Gasteiger partial charge < -0.3 is 14.7 Å². The monoisotopic (exact) mass is 185 g/mol. The zero-order chi connectivity index (χ0) is 10.0. The second-order valence-corrected chi connectivity index (χ2v) is 3.28. The number of aliphatic hydroxyl groups excluding tert-OH is 1. The first kappa shape index (κ1) is 10.1. The minimum atomic E-state index is -0.594. The lowest BCUT2D eigenvalue weighted by molar-refractivity contribution is 0.0704. The Morgan fingerprint density at radius 3 is 2.85 bits per heavy atom. The highest BCUT2D eigenvalue weighted by atomic mass is 16.6. The molecule has 1 aliphatic heterocycles. The van der Waals surface area contributed by atoms with E-state index in [4.69, 9.17) is 4.74 Å². The van der Waals surface area contributed by atoms with Gasteiger partial charge in [-0.2, -0.15) is 0 Å². The Kier molecular flexibility index (Phi) is 2.93. The number of nitrogens with zero attached hydrogens (tertiary/aromatic N) is 1. The third kappa shape index (κ3) is 1.83. The maximum absolute atomic E-state index is 11.1.